The second kappa shape index (κ2) is 5.67. The molecule has 0 spiro atoms. The summed E-state index contributed by atoms with van der Waals surface area (Å²) in [6.07, 6.45) is 0.591. The Kier molecular flexibility index (Phi) is 4.19. The lowest BCUT2D eigenvalue weighted by atomic mass is 9.96. The number of nitrogens with zero attached hydrogens (tertiary/aromatic N) is 1. The standard InChI is InChI=1S/C14H20FNO2/c1-10-8-16(6-5-13(10)17)9-11-3-4-14(18-2)12(15)7-11/h3-4,7,10,13,17H,5-6,8-9H2,1-2H3. The summed E-state index contributed by atoms with van der Waals surface area (Å²) in [5, 5.41) is 9.67. The van der Waals surface area contributed by atoms with E-state index in [-0.39, 0.29) is 23.6 Å². The fourth-order valence-corrected chi connectivity index (χ4v) is 2.43. The van der Waals surface area contributed by atoms with Crippen molar-refractivity contribution in [1.29, 1.82) is 0 Å². The lowest BCUT2D eigenvalue weighted by Gasteiger charge is -2.34. The second-order valence-electron chi connectivity index (χ2n) is 5.04. The number of hydrogen-bond donors (Lipinski definition) is 1. The van der Waals surface area contributed by atoms with Crippen molar-refractivity contribution in [1.82, 2.24) is 4.90 Å². The van der Waals surface area contributed by atoms with Crippen LogP contribution in [0.4, 0.5) is 4.39 Å². The molecule has 1 aliphatic rings. The average molecular weight is 253 g/mol. The van der Waals surface area contributed by atoms with Gasteiger partial charge in [-0.3, -0.25) is 4.90 Å². The first-order valence-corrected chi connectivity index (χ1v) is 6.33. The van der Waals surface area contributed by atoms with Gasteiger partial charge in [-0.25, -0.2) is 4.39 Å². The Morgan fingerprint density at radius 1 is 1.50 bits per heavy atom. The van der Waals surface area contributed by atoms with E-state index in [1.165, 1.54) is 13.2 Å². The van der Waals surface area contributed by atoms with Crippen LogP contribution in [0.5, 0.6) is 5.75 Å². The fraction of sp³-hybridized carbons (Fsp3) is 0.571. The molecule has 1 N–H and O–H groups in total. The van der Waals surface area contributed by atoms with E-state index in [2.05, 4.69) is 4.90 Å². The van der Waals surface area contributed by atoms with Crippen LogP contribution >= 0.6 is 0 Å². The number of aliphatic hydroxyl groups is 1. The van der Waals surface area contributed by atoms with E-state index in [4.69, 9.17) is 4.74 Å². The molecule has 1 saturated heterocycles. The van der Waals surface area contributed by atoms with E-state index in [1.54, 1.807) is 6.07 Å². The van der Waals surface area contributed by atoms with Gasteiger partial charge in [0.15, 0.2) is 11.6 Å². The molecule has 1 aromatic rings. The maximum Gasteiger partial charge on any atom is 0.165 e. The summed E-state index contributed by atoms with van der Waals surface area (Å²) in [7, 11) is 1.46. The molecule has 2 atom stereocenters. The largest absolute Gasteiger partial charge is 0.494 e. The van der Waals surface area contributed by atoms with Crippen LogP contribution in [0.1, 0.15) is 18.9 Å². The molecule has 0 saturated carbocycles. The fourth-order valence-electron chi connectivity index (χ4n) is 2.43. The number of halogens is 1. The molecule has 1 aromatic carbocycles. The second-order valence-corrected chi connectivity index (χ2v) is 5.04. The number of piperidine rings is 1. The third kappa shape index (κ3) is 3.00. The van der Waals surface area contributed by atoms with Crippen molar-refractivity contribution >= 4 is 0 Å². The Morgan fingerprint density at radius 3 is 2.89 bits per heavy atom. The number of rotatable bonds is 3. The number of hydrogen-bond acceptors (Lipinski definition) is 3. The number of aliphatic hydroxyl groups excluding tert-OH is 1. The Balaban J connectivity index is 1.99. The van der Waals surface area contributed by atoms with E-state index in [9.17, 15) is 9.50 Å². The van der Waals surface area contributed by atoms with Gasteiger partial charge in [0.1, 0.15) is 0 Å². The van der Waals surface area contributed by atoms with Gasteiger partial charge in [0.2, 0.25) is 0 Å². The molecule has 1 heterocycles. The third-order valence-electron chi connectivity index (χ3n) is 3.57. The zero-order valence-corrected chi connectivity index (χ0v) is 10.9. The van der Waals surface area contributed by atoms with E-state index < -0.39 is 0 Å². The van der Waals surface area contributed by atoms with Crippen LogP contribution in [0.15, 0.2) is 18.2 Å². The molecule has 0 aromatic heterocycles. The highest BCUT2D eigenvalue weighted by Gasteiger charge is 2.24. The molecule has 4 heteroatoms. The monoisotopic (exact) mass is 253 g/mol. The van der Waals surface area contributed by atoms with Crippen molar-refractivity contribution < 1.29 is 14.2 Å². The quantitative estimate of drug-likeness (QED) is 0.894. The highest BCUT2D eigenvalue weighted by molar-refractivity contribution is 5.29. The molecule has 2 unspecified atom stereocenters. The minimum absolute atomic E-state index is 0.200. The van der Waals surface area contributed by atoms with Crippen molar-refractivity contribution in [2.75, 3.05) is 20.2 Å². The van der Waals surface area contributed by atoms with E-state index in [0.29, 0.717) is 0 Å². The summed E-state index contributed by atoms with van der Waals surface area (Å²) in [6.45, 7) is 4.48. The summed E-state index contributed by atoms with van der Waals surface area (Å²) in [5.41, 5.74) is 0.942. The van der Waals surface area contributed by atoms with Crippen LogP contribution < -0.4 is 4.74 Å². The highest BCUT2D eigenvalue weighted by atomic mass is 19.1. The third-order valence-corrected chi connectivity index (χ3v) is 3.57. The number of likely N-dealkylation sites (tertiary alicyclic amines) is 1. The summed E-state index contributed by atoms with van der Waals surface area (Å²) in [6, 6.07) is 5.07. The number of methoxy groups -OCH3 is 1. The van der Waals surface area contributed by atoms with Gasteiger partial charge in [0.05, 0.1) is 13.2 Å². The van der Waals surface area contributed by atoms with Gasteiger partial charge in [0.25, 0.3) is 0 Å². The van der Waals surface area contributed by atoms with Crippen molar-refractivity contribution in [3.05, 3.63) is 29.6 Å². The van der Waals surface area contributed by atoms with Gasteiger partial charge in [-0.2, -0.15) is 0 Å². The van der Waals surface area contributed by atoms with Gasteiger partial charge in [-0.05, 0) is 30.0 Å². The van der Waals surface area contributed by atoms with Crippen LogP contribution in [0, 0.1) is 11.7 Å². The number of ether oxygens (including phenoxy) is 1. The van der Waals surface area contributed by atoms with Gasteiger partial charge in [-0.15, -0.1) is 0 Å². The molecule has 0 radical (unpaired) electrons. The Bertz CT molecular complexity index is 411. The molecule has 3 nitrogen and oxygen atoms in total. The average Bonchev–Trinajstić information content (AvgIpc) is 2.34. The van der Waals surface area contributed by atoms with Crippen molar-refractivity contribution in [3.8, 4) is 5.75 Å². The van der Waals surface area contributed by atoms with E-state index in [0.717, 1.165) is 31.6 Å². The Morgan fingerprint density at radius 2 is 2.28 bits per heavy atom. The normalized spacial score (nSPS) is 25.1. The molecule has 0 bridgehead atoms. The van der Waals surface area contributed by atoms with Gasteiger partial charge >= 0.3 is 0 Å². The topological polar surface area (TPSA) is 32.7 Å². The maximum atomic E-state index is 13.6. The summed E-state index contributed by atoms with van der Waals surface area (Å²) in [4.78, 5) is 2.25. The van der Waals surface area contributed by atoms with E-state index in [1.807, 2.05) is 13.0 Å². The molecule has 0 aliphatic carbocycles. The first-order valence-electron chi connectivity index (χ1n) is 6.33. The molecule has 100 valence electrons. The van der Waals surface area contributed by atoms with Crippen LogP contribution in [-0.2, 0) is 6.54 Å². The van der Waals surface area contributed by atoms with Crippen molar-refractivity contribution in [2.45, 2.75) is 26.0 Å². The molecule has 0 amide bonds. The van der Waals surface area contributed by atoms with Crippen LogP contribution in [0.25, 0.3) is 0 Å². The predicted octanol–water partition coefficient (Wildman–Crippen LogP) is 2.04. The molecule has 2 rings (SSSR count). The number of benzene rings is 1. The smallest absolute Gasteiger partial charge is 0.165 e. The van der Waals surface area contributed by atoms with Gasteiger partial charge in [-0.1, -0.05) is 13.0 Å². The molecule has 18 heavy (non-hydrogen) atoms. The predicted molar refractivity (Wildman–Crippen MR) is 68.0 cm³/mol. The van der Waals surface area contributed by atoms with Crippen molar-refractivity contribution in [3.63, 3.8) is 0 Å². The maximum absolute atomic E-state index is 13.6. The van der Waals surface area contributed by atoms with Crippen LogP contribution in [0.2, 0.25) is 0 Å². The summed E-state index contributed by atoms with van der Waals surface area (Å²) < 4.78 is 18.5. The van der Waals surface area contributed by atoms with Gasteiger partial charge in [0, 0.05) is 19.6 Å². The molecular weight excluding hydrogens is 233 g/mol. The highest BCUT2D eigenvalue weighted by Crippen LogP contribution is 2.21. The zero-order chi connectivity index (χ0) is 13.1. The van der Waals surface area contributed by atoms with E-state index >= 15 is 0 Å². The molecular formula is C14H20FNO2. The molecule has 1 fully saturated rings. The minimum Gasteiger partial charge on any atom is -0.494 e. The summed E-state index contributed by atoms with van der Waals surface area (Å²) in [5.74, 6) is 0.239. The minimum atomic E-state index is -0.319. The molecule has 1 aliphatic heterocycles. The van der Waals surface area contributed by atoms with Crippen molar-refractivity contribution in [2.24, 2.45) is 5.92 Å². The van der Waals surface area contributed by atoms with Gasteiger partial charge < -0.3 is 9.84 Å². The van der Waals surface area contributed by atoms with Crippen LogP contribution in [0.3, 0.4) is 0 Å². The van der Waals surface area contributed by atoms with Crippen LogP contribution in [-0.4, -0.2) is 36.3 Å². The zero-order valence-electron chi connectivity index (χ0n) is 10.9. The first kappa shape index (κ1) is 13.3. The summed E-state index contributed by atoms with van der Waals surface area (Å²) >= 11 is 0. The Hall–Kier alpha value is -1.13. The Labute approximate surface area is 107 Å². The first-order chi connectivity index (χ1) is 8.60. The SMILES string of the molecule is COc1ccc(CN2CCC(O)C(C)C2)cc1F. The lowest BCUT2D eigenvalue weighted by Crippen LogP contribution is -2.41. The lowest BCUT2D eigenvalue weighted by molar-refractivity contribution is 0.0320.